The lowest BCUT2D eigenvalue weighted by atomic mass is 9.94. The van der Waals surface area contributed by atoms with E-state index in [0.717, 1.165) is 47.1 Å². The SMILES string of the molecule is CCCCCO[C@@H]1O[C@H](COCc2ccccc2)[C@@H](O[C@@H]2O[C@@H]3COC(c4ccccc4)O[C@H]3[C@H](OCc3ccccc3)[C@@H]2OCc2ccccc2)[C@H](OCc2ccccc2)[C@H]1N=[N+]=[N-]. The van der Waals surface area contributed by atoms with Crippen LogP contribution in [0.5, 0.6) is 0 Å². The number of hydrogen-bond acceptors (Lipinski definition) is 11. The van der Waals surface area contributed by atoms with Crippen molar-refractivity contribution in [1.29, 1.82) is 0 Å². The average molecular weight is 886 g/mol. The fraction of sp³-hybridized carbons (Fsp3) is 0.423. The summed E-state index contributed by atoms with van der Waals surface area (Å²) in [6.45, 7) is 3.83. The Morgan fingerprint density at radius 1 is 0.569 bits per heavy atom. The minimum atomic E-state index is -1.08. The number of rotatable bonds is 22. The molecule has 0 saturated carbocycles. The van der Waals surface area contributed by atoms with E-state index in [9.17, 15) is 5.53 Å². The summed E-state index contributed by atoms with van der Waals surface area (Å²) in [6.07, 6.45) is -5.29. The van der Waals surface area contributed by atoms with Crippen LogP contribution >= 0.6 is 0 Å². The molecule has 0 N–H and O–H groups in total. The van der Waals surface area contributed by atoms with Gasteiger partial charge in [0.1, 0.15) is 48.8 Å². The van der Waals surface area contributed by atoms with Gasteiger partial charge in [0.2, 0.25) is 0 Å². The number of hydrogen-bond donors (Lipinski definition) is 0. The zero-order valence-corrected chi connectivity index (χ0v) is 36.8. The molecule has 0 amide bonds. The summed E-state index contributed by atoms with van der Waals surface area (Å²) in [5.41, 5.74) is 14.8. The van der Waals surface area contributed by atoms with Crippen LogP contribution in [0.2, 0.25) is 0 Å². The van der Waals surface area contributed by atoms with Crippen molar-refractivity contribution in [3.63, 3.8) is 0 Å². The number of ether oxygens (including phenoxy) is 10. The number of azide groups is 1. The second-order valence-electron chi connectivity index (χ2n) is 16.4. The summed E-state index contributed by atoms with van der Waals surface area (Å²) < 4.78 is 67.6. The minimum Gasteiger partial charge on any atom is -0.374 e. The number of fused-ring (bicyclic) bond motifs is 1. The highest BCUT2D eigenvalue weighted by Gasteiger charge is 2.55. The molecule has 13 heteroatoms. The molecule has 342 valence electrons. The van der Waals surface area contributed by atoms with E-state index in [-0.39, 0.29) is 33.0 Å². The molecule has 3 fully saturated rings. The lowest BCUT2D eigenvalue weighted by Crippen LogP contribution is -2.66. The fourth-order valence-electron chi connectivity index (χ4n) is 8.38. The maximum atomic E-state index is 10.1. The summed E-state index contributed by atoms with van der Waals surface area (Å²) in [5.74, 6) is 0. The largest absolute Gasteiger partial charge is 0.374 e. The van der Waals surface area contributed by atoms with Crippen molar-refractivity contribution in [3.05, 3.63) is 190 Å². The van der Waals surface area contributed by atoms with Gasteiger partial charge in [-0.1, -0.05) is 177 Å². The second-order valence-corrected chi connectivity index (χ2v) is 16.4. The van der Waals surface area contributed by atoms with Crippen LogP contribution < -0.4 is 0 Å². The third-order valence-electron chi connectivity index (χ3n) is 11.7. The molecule has 5 aromatic carbocycles. The van der Waals surface area contributed by atoms with E-state index >= 15 is 0 Å². The molecule has 0 radical (unpaired) electrons. The van der Waals surface area contributed by atoms with Crippen molar-refractivity contribution in [2.45, 2.75) is 120 Å². The van der Waals surface area contributed by atoms with Gasteiger partial charge < -0.3 is 47.4 Å². The Hall–Kier alpha value is -4.99. The van der Waals surface area contributed by atoms with Gasteiger partial charge in [0.25, 0.3) is 0 Å². The molecule has 0 spiro atoms. The third-order valence-corrected chi connectivity index (χ3v) is 11.7. The highest BCUT2D eigenvalue weighted by molar-refractivity contribution is 5.19. The van der Waals surface area contributed by atoms with Crippen molar-refractivity contribution in [2.24, 2.45) is 5.11 Å². The van der Waals surface area contributed by atoms with E-state index in [0.29, 0.717) is 13.2 Å². The molecular weight excluding hydrogens is 827 g/mol. The van der Waals surface area contributed by atoms with E-state index in [2.05, 4.69) is 16.9 Å². The van der Waals surface area contributed by atoms with Gasteiger partial charge in [-0.15, -0.1) is 0 Å². The first kappa shape index (κ1) is 46.5. The maximum Gasteiger partial charge on any atom is 0.187 e. The predicted octanol–water partition coefficient (Wildman–Crippen LogP) is 9.79. The Kier molecular flexibility index (Phi) is 17.5. The highest BCUT2D eigenvalue weighted by atomic mass is 16.8. The van der Waals surface area contributed by atoms with Gasteiger partial charge in [-0.3, -0.25) is 0 Å². The van der Waals surface area contributed by atoms with Crippen LogP contribution in [0.15, 0.2) is 157 Å². The van der Waals surface area contributed by atoms with E-state index in [1.807, 2.05) is 152 Å². The Morgan fingerprint density at radius 3 is 1.68 bits per heavy atom. The maximum absolute atomic E-state index is 10.1. The average Bonchev–Trinajstić information content (AvgIpc) is 3.36. The van der Waals surface area contributed by atoms with Gasteiger partial charge in [-0.2, -0.15) is 0 Å². The van der Waals surface area contributed by atoms with Crippen LogP contribution in [0.3, 0.4) is 0 Å². The van der Waals surface area contributed by atoms with E-state index in [1.54, 1.807) is 0 Å². The Bertz CT molecular complexity index is 2160. The van der Waals surface area contributed by atoms with Crippen molar-refractivity contribution in [1.82, 2.24) is 0 Å². The molecule has 0 aliphatic carbocycles. The topological polar surface area (TPSA) is 141 Å². The number of nitrogens with zero attached hydrogens (tertiary/aromatic N) is 3. The van der Waals surface area contributed by atoms with Crippen molar-refractivity contribution in [3.8, 4) is 0 Å². The lowest BCUT2D eigenvalue weighted by Gasteiger charge is -2.51. The molecule has 3 heterocycles. The monoisotopic (exact) mass is 885 g/mol. The summed E-state index contributed by atoms with van der Waals surface area (Å²) in [4.78, 5) is 3.29. The normalized spacial score (nSPS) is 27.6. The van der Waals surface area contributed by atoms with E-state index in [1.165, 1.54) is 0 Å². The molecule has 5 aromatic rings. The molecule has 3 aliphatic heterocycles. The van der Waals surface area contributed by atoms with Gasteiger partial charge in [0.05, 0.1) is 39.6 Å². The zero-order valence-electron chi connectivity index (χ0n) is 36.8. The Balaban J connectivity index is 1.15. The Labute approximate surface area is 381 Å². The van der Waals surface area contributed by atoms with Crippen LogP contribution in [0, 0.1) is 0 Å². The molecule has 3 aliphatic rings. The van der Waals surface area contributed by atoms with Crippen LogP contribution in [0.4, 0.5) is 0 Å². The fourth-order valence-corrected chi connectivity index (χ4v) is 8.38. The van der Waals surface area contributed by atoms with Gasteiger partial charge in [0, 0.05) is 17.1 Å². The summed E-state index contributed by atoms with van der Waals surface area (Å²) in [5, 5.41) is 4.29. The molecule has 8 rings (SSSR count). The predicted molar refractivity (Wildman–Crippen MR) is 242 cm³/mol. The minimum absolute atomic E-state index is 0.0930. The number of benzene rings is 5. The molecule has 0 bridgehead atoms. The molecule has 65 heavy (non-hydrogen) atoms. The standard InChI is InChI=1S/C52H59N3O10/c1-2-3-19-30-57-51-44(54-55-53)47(58-32-38-22-11-5-12-23-38)45(42(62-51)35-56-31-37-20-9-4-10-21-37)65-52-49(60-34-40-26-15-7-16-27-40)48(59-33-39-24-13-6-14-25-39)46-43(63-52)36-61-50(64-46)41-28-17-8-18-29-41/h4-18,20-29,42-52H,2-3,19,30-36H2,1H3/t42-,43-,44-,45-,46-,47-,48+,49+,50?,51-,52+/m1/s1. The summed E-state index contributed by atoms with van der Waals surface area (Å²) in [7, 11) is 0. The lowest BCUT2D eigenvalue weighted by molar-refractivity contribution is -0.391. The van der Waals surface area contributed by atoms with Gasteiger partial charge in [0.15, 0.2) is 18.9 Å². The molecule has 1 unspecified atom stereocenters. The molecular formula is C52H59N3O10. The molecule has 13 nitrogen and oxygen atoms in total. The van der Waals surface area contributed by atoms with Crippen LogP contribution in [-0.2, 0) is 73.8 Å². The summed E-state index contributed by atoms with van der Waals surface area (Å²) in [6, 6.07) is 48.5. The molecule has 11 atom stereocenters. The zero-order chi connectivity index (χ0) is 44.5. The van der Waals surface area contributed by atoms with Crippen LogP contribution in [-0.4, -0.2) is 81.2 Å². The van der Waals surface area contributed by atoms with Crippen molar-refractivity contribution in [2.75, 3.05) is 19.8 Å². The van der Waals surface area contributed by atoms with Crippen LogP contribution in [0.25, 0.3) is 10.4 Å². The first-order chi connectivity index (χ1) is 32.2. The van der Waals surface area contributed by atoms with E-state index < -0.39 is 67.6 Å². The van der Waals surface area contributed by atoms with Crippen molar-refractivity contribution >= 4 is 0 Å². The smallest absolute Gasteiger partial charge is 0.187 e. The van der Waals surface area contributed by atoms with Crippen molar-refractivity contribution < 1.29 is 47.4 Å². The van der Waals surface area contributed by atoms with E-state index in [4.69, 9.17) is 47.4 Å². The number of unbranched alkanes of at least 4 members (excludes halogenated alkanes) is 2. The molecule has 3 saturated heterocycles. The third kappa shape index (κ3) is 12.9. The second kappa shape index (κ2) is 24.5. The van der Waals surface area contributed by atoms with Gasteiger partial charge in [-0.05, 0) is 34.2 Å². The molecule has 0 aromatic heterocycles. The van der Waals surface area contributed by atoms with Gasteiger partial charge in [-0.25, -0.2) is 0 Å². The van der Waals surface area contributed by atoms with Gasteiger partial charge >= 0.3 is 0 Å². The first-order valence-electron chi connectivity index (χ1n) is 22.7. The first-order valence-corrected chi connectivity index (χ1v) is 22.7. The summed E-state index contributed by atoms with van der Waals surface area (Å²) >= 11 is 0. The quantitative estimate of drug-likeness (QED) is 0.0286. The van der Waals surface area contributed by atoms with Crippen LogP contribution in [0.1, 0.15) is 60.3 Å². The Morgan fingerprint density at radius 2 is 1.11 bits per heavy atom. The highest BCUT2D eigenvalue weighted by Crippen LogP contribution is 2.40.